The average Bonchev–Trinajstić information content (AvgIpc) is 2.14. The summed E-state index contributed by atoms with van der Waals surface area (Å²) < 4.78 is 0. The molecule has 0 aromatic heterocycles. The smallest absolute Gasteiger partial charge is 0.0610 e. The molecule has 1 heterocycles. The fourth-order valence-corrected chi connectivity index (χ4v) is 0.413. The molecule has 0 aliphatic carbocycles. The topological polar surface area (TPSA) is 50.4 Å². The molecular weight excluding hydrogens is 90.1 g/mol. The highest BCUT2D eigenvalue weighted by molar-refractivity contribution is 5.80. The Kier molecular flexibility index (Phi) is 0.978. The summed E-state index contributed by atoms with van der Waals surface area (Å²) in [4.78, 5) is 0. The second-order valence-corrected chi connectivity index (χ2v) is 1.33. The number of hydrogen-bond acceptors (Lipinski definition) is 3. The third-order valence-corrected chi connectivity index (χ3v) is 0.819. The molecule has 0 fully saturated rings. The van der Waals surface area contributed by atoms with Crippen molar-refractivity contribution in [2.24, 2.45) is 10.8 Å². The fraction of sp³-hybridized carbons (Fsp3) is 0.250. The van der Waals surface area contributed by atoms with Crippen LogP contribution in [-0.4, -0.2) is 12.8 Å². The summed E-state index contributed by atoms with van der Waals surface area (Å²) in [6.07, 6.45) is 3.25. The first-order valence-corrected chi connectivity index (χ1v) is 2.10. The molecule has 0 bridgehead atoms. The van der Waals surface area contributed by atoms with Crippen LogP contribution in [0.1, 0.15) is 0 Å². The van der Waals surface area contributed by atoms with Gasteiger partial charge in [-0.1, -0.05) is 0 Å². The Balaban J connectivity index is 2.59. The molecule has 0 amide bonds. The van der Waals surface area contributed by atoms with Gasteiger partial charge in [-0.3, -0.25) is 0 Å². The van der Waals surface area contributed by atoms with Crippen LogP contribution in [0.5, 0.6) is 0 Å². The molecule has 1 aliphatic heterocycles. The van der Waals surface area contributed by atoms with Gasteiger partial charge in [-0.2, -0.15) is 5.10 Å². The summed E-state index contributed by atoms with van der Waals surface area (Å²) in [5.41, 5.74) is 8.93. The molecule has 0 aromatic carbocycles. The molecule has 0 aromatic rings. The monoisotopic (exact) mass is 97.1 g/mol. The van der Waals surface area contributed by atoms with E-state index < -0.39 is 0 Å². The normalized spacial score (nSPS) is 23.1. The fourth-order valence-electron chi connectivity index (χ4n) is 0.413. The van der Waals surface area contributed by atoms with E-state index in [1.54, 1.807) is 12.4 Å². The molecular formula is C4H7N3. The summed E-state index contributed by atoms with van der Waals surface area (Å²) in [6, 6.07) is 0. The average molecular weight is 97.1 g/mol. The highest BCUT2D eigenvalue weighted by atomic mass is 15.3. The van der Waals surface area contributed by atoms with Crippen molar-refractivity contribution in [1.82, 2.24) is 5.43 Å². The second kappa shape index (κ2) is 1.64. The molecule has 0 saturated heterocycles. The zero-order chi connectivity index (χ0) is 5.11. The molecule has 0 unspecified atom stereocenters. The maximum atomic E-state index is 5.14. The minimum Gasteiger partial charge on any atom is -0.404 e. The van der Waals surface area contributed by atoms with Crippen molar-refractivity contribution < 1.29 is 0 Å². The van der Waals surface area contributed by atoms with Gasteiger partial charge in [0.05, 0.1) is 12.8 Å². The van der Waals surface area contributed by atoms with Crippen molar-refractivity contribution >= 4 is 6.21 Å². The molecule has 7 heavy (non-hydrogen) atoms. The van der Waals surface area contributed by atoms with Crippen LogP contribution in [0.4, 0.5) is 0 Å². The minimum atomic E-state index is 0.774. The highest BCUT2D eigenvalue weighted by Gasteiger charge is 1.94. The molecule has 1 aliphatic rings. The molecule has 0 saturated carbocycles. The van der Waals surface area contributed by atoms with E-state index in [-0.39, 0.29) is 0 Å². The Morgan fingerprint density at radius 3 is 3.14 bits per heavy atom. The lowest BCUT2D eigenvalue weighted by molar-refractivity contribution is 0.855. The highest BCUT2D eigenvalue weighted by Crippen LogP contribution is 1.88. The molecule has 3 N–H and O–H groups in total. The maximum absolute atomic E-state index is 5.14. The SMILES string of the molecule is NC=C1C=NNC1. The van der Waals surface area contributed by atoms with Crippen molar-refractivity contribution in [3.63, 3.8) is 0 Å². The van der Waals surface area contributed by atoms with Crippen LogP contribution in [0.25, 0.3) is 0 Å². The van der Waals surface area contributed by atoms with Crippen molar-refractivity contribution in [3.8, 4) is 0 Å². The Hall–Kier alpha value is -0.990. The summed E-state index contributed by atoms with van der Waals surface area (Å²) in [7, 11) is 0. The summed E-state index contributed by atoms with van der Waals surface area (Å²) in [5, 5.41) is 3.71. The van der Waals surface area contributed by atoms with Crippen molar-refractivity contribution in [2.75, 3.05) is 6.54 Å². The lowest BCUT2D eigenvalue weighted by Gasteiger charge is -1.83. The van der Waals surface area contributed by atoms with Gasteiger partial charge in [0.15, 0.2) is 0 Å². The Bertz CT molecular complexity index is 111. The summed E-state index contributed by atoms with van der Waals surface area (Å²) in [6.45, 7) is 0.774. The third-order valence-electron chi connectivity index (χ3n) is 0.819. The standard InChI is InChI=1S/C4H7N3/c5-1-4-2-6-7-3-4/h1-2,7H,3,5H2. The van der Waals surface area contributed by atoms with E-state index >= 15 is 0 Å². The quantitative estimate of drug-likeness (QED) is 0.425. The Morgan fingerprint density at radius 1 is 2.00 bits per heavy atom. The summed E-state index contributed by atoms with van der Waals surface area (Å²) in [5.74, 6) is 0. The Labute approximate surface area is 41.9 Å². The lowest BCUT2D eigenvalue weighted by atomic mass is 10.3. The van der Waals surface area contributed by atoms with Crippen LogP contribution in [0.15, 0.2) is 16.9 Å². The minimum absolute atomic E-state index is 0.774. The van der Waals surface area contributed by atoms with Gasteiger partial charge in [0.1, 0.15) is 0 Å². The van der Waals surface area contributed by atoms with Gasteiger partial charge in [0.2, 0.25) is 0 Å². The van der Waals surface area contributed by atoms with E-state index in [0.717, 1.165) is 12.1 Å². The number of nitrogens with zero attached hydrogens (tertiary/aromatic N) is 1. The van der Waals surface area contributed by atoms with Gasteiger partial charge < -0.3 is 11.2 Å². The first-order chi connectivity index (χ1) is 3.43. The molecule has 38 valence electrons. The first kappa shape index (κ1) is 4.18. The van der Waals surface area contributed by atoms with Crippen LogP contribution < -0.4 is 11.2 Å². The van der Waals surface area contributed by atoms with Gasteiger partial charge >= 0.3 is 0 Å². The van der Waals surface area contributed by atoms with Gasteiger partial charge in [0, 0.05) is 11.8 Å². The van der Waals surface area contributed by atoms with E-state index in [4.69, 9.17) is 5.73 Å². The van der Waals surface area contributed by atoms with Gasteiger partial charge in [-0.15, -0.1) is 0 Å². The number of hydrazone groups is 1. The molecule has 0 spiro atoms. The lowest BCUT2D eigenvalue weighted by Crippen LogP contribution is -2.01. The molecule has 0 atom stereocenters. The van der Waals surface area contributed by atoms with Crippen molar-refractivity contribution in [2.45, 2.75) is 0 Å². The van der Waals surface area contributed by atoms with E-state index in [9.17, 15) is 0 Å². The van der Waals surface area contributed by atoms with Crippen molar-refractivity contribution in [1.29, 1.82) is 0 Å². The molecule has 0 radical (unpaired) electrons. The molecule has 3 heteroatoms. The number of nitrogens with two attached hydrogens (primary N) is 1. The molecule has 3 nitrogen and oxygen atoms in total. The van der Waals surface area contributed by atoms with Gasteiger partial charge in [-0.05, 0) is 0 Å². The maximum Gasteiger partial charge on any atom is 0.0610 e. The van der Waals surface area contributed by atoms with E-state index in [2.05, 4.69) is 10.5 Å². The van der Waals surface area contributed by atoms with Crippen LogP contribution >= 0.6 is 0 Å². The molecule has 1 rings (SSSR count). The van der Waals surface area contributed by atoms with Gasteiger partial charge in [0.25, 0.3) is 0 Å². The summed E-state index contributed by atoms with van der Waals surface area (Å²) >= 11 is 0. The third kappa shape index (κ3) is 0.707. The van der Waals surface area contributed by atoms with Crippen molar-refractivity contribution in [3.05, 3.63) is 11.8 Å². The first-order valence-electron chi connectivity index (χ1n) is 2.10. The van der Waals surface area contributed by atoms with E-state index in [0.29, 0.717) is 0 Å². The van der Waals surface area contributed by atoms with E-state index in [1.807, 2.05) is 0 Å². The predicted octanol–water partition coefficient (Wildman–Crippen LogP) is -0.582. The van der Waals surface area contributed by atoms with Crippen LogP contribution in [0.3, 0.4) is 0 Å². The zero-order valence-electron chi connectivity index (χ0n) is 3.89. The number of hydrogen-bond donors (Lipinski definition) is 2. The van der Waals surface area contributed by atoms with E-state index in [1.165, 1.54) is 0 Å². The predicted molar refractivity (Wildman–Crippen MR) is 28.8 cm³/mol. The van der Waals surface area contributed by atoms with Crippen LogP contribution in [0.2, 0.25) is 0 Å². The Morgan fingerprint density at radius 2 is 2.86 bits per heavy atom. The van der Waals surface area contributed by atoms with Crippen LogP contribution in [-0.2, 0) is 0 Å². The number of nitrogens with one attached hydrogen (secondary N) is 1. The zero-order valence-corrected chi connectivity index (χ0v) is 3.89. The van der Waals surface area contributed by atoms with Crippen LogP contribution in [0, 0.1) is 0 Å². The second-order valence-electron chi connectivity index (χ2n) is 1.33. The largest absolute Gasteiger partial charge is 0.404 e. The number of rotatable bonds is 0. The van der Waals surface area contributed by atoms with Gasteiger partial charge in [-0.25, -0.2) is 0 Å².